The number of hydrogen-bond acceptors (Lipinski definition) is 3. The van der Waals surface area contributed by atoms with E-state index in [4.69, 9.17) is 0 Å². The molecule has 0 fully saturated rings. The van der Waals surface area contributed by atoms with Crippen molar-refractivity contribution in [2.24, 2.45) is 0 Å². The first-order valence-electron chi connectivity index (χ1n) is 6.36. The van der Waals surface area contributed by atoms with Gasteiger partial charge in [-0.05, 0) is 42.5 Å². The fourth-order valence-corrected chi connectivity index (χ4v) is 1.93. The van der Waals surface area contributed by atoms with E-state index in [-0.39, 0.29) is 5.56 Å². The summed E-state index contributed by atoms with van der Waals surface area (Å²) in [5.41, 5.74) is 0.892. The lowest BCUT2D eigenvalue weighted by Gasteiger charge is -2.07. The molecule has 0 aliphatic rings. The molecule has 7 heteroatoms. The lowest BCUT2D eigenvalue weighted by molar-refractivity contribution is 0.102. The minimum atomic E-state index is -0.780. The Bertz CT molecular complexity index is 801. The molecule has 5 nitrogen and oxygen atoms in total. The van der Waals surface area contributed by atoms with Crippen LogP contribution in [0.5, 0.6) is 0 Å². The molecule has 0 saturated carbocycles. The van der Waals surface area contributed by atoms with Crippen molar-refractivity contribution in [2.75, 3.05) is 5.32 Å². The summed E-state index contributed by atoms with van der Waals surface area (Å²) in [6.07, 6.45) is 1.39. The van der Waals surface area contributed by atoms with Crippen molar-refractivity contribution in [3.05, 3.63) is 66.0 Å². The van der Waals surface area contributed by atoms with Crippen LogP contribution >= 0.6 is 0 Å². The smallest absolute Gasteiger partial charge is 0.258 e. The highest BCUT2D eigenvalue weighted by Gasteiger charge is 2.13. The number of nitrogens with zero attached hydrogens (tertiary/aromatic N) is 2. The predicted molar refractivity (Wildman–Crippen MR) is 76.1 cm³/mol. The maximum absolute atomic E-state index is 13.5. The number of benzene rings is 2. The molecule has 0 unspecified atom stereocenters. The number of anilines is 1. The molecular weight excluding hydrogens is 290 g/mol. The fourth-order valence-electron chi connectivity index (χ4n) is 1.93. The summed E-state index contributed by atoms with van der Waals surface area (Å²) in [6, 6.07) is 9.43. The van der Waals surface area contributed by atoms with E-state index in [0.29, 0.717) is 11.5 Å². The van der Waals surface area contributed by atoms with E-state index in [1.54, 1.807) is 24.3 Å². The highest BCUT2D eigenvalue weighted by molar-refractivity contribution is 6.04. The number of amides is 1. The van der Waals surface area contributed by atoms with Crippen molar-refractivity contribution in [3.63, 3.8) is 0 Å². The summed E-state index contributed by atoms with van der Waals surface area (Å²) in [5.74, 6) is -1.58. The first-order chi connectivity index (χ1) is 10.6. The van der Waals surface area contributed by atoms with Gasteiger partial charge in [0.05, 0.1) is 5.56 Å². The second kappa shape index (κ2) is 5.72. The Morgan fingerprint density at radius 2 is 1.86 bits per heavy atom. The van der Waals surface area contributed by atoms with Gasteiger partial charge in [0.15, 0.2) is 5.82 Å². The third-order valence-electron chi connectivity index (χ3n) is 3.00. The summed E-state index contributed by atoms with van der Waals surface area (Å²) in [4.78, 5) is 16.0. The normalized spacial score (nSPS) is 10.5. The molecule has 0 atom stereocenters. The van der Waals surface area contributed by atoms with Gasteiger partial charge in [-0.3, -0.25) is 9.89 Å². The lowest BCUT2D eigenvalue weighted by atomic mass is 10.1. The average Bonchev–Trinajstić information content (AvgIpc) is 3.05. The number of H-pyrrole nitrogens is 1. The van der Waals surface area contributed by atoms with E-state index in [0.717, 1.165) is 23.8 Å². The molecule has 2 N–H and O–H groups in total. The summed E-state index contributed by atoms with van der Waals surface area (Å²) < 4.78 is 26.6. The molecule has 1 aromatic heterocycles. The van der Waals surface area contributed by atoms with E-state index in [1.165, 1.54) is 6.33 Å². The molecule has 0 radical (unpaired) electrons. The summed E-state index contributed by atoms with van der Waals surface area (Å²) in [5, 5.41) is 8.96. The number of rotatable bonds is 3. The SMILES string of the molecule is O=C(Nc1ccc(-c2ncn[nH]2)cc1)c1cc(F)ccc1F. The Labute approximate surface area is 124 Å². The van der Waals surface area contributed by atoms with Crippen molar-refractivity contribution in [1.29, 1.82) is 0 Å². The first kappa shape index (κ1) is 13.9. The van der Waals surface area contributed by atoms with E-state index in [2.05, 4.69) is 20.5 Å². The molecule has 1 heterocycles. The van der Waals surface area contributed by atoms with E-state index in [1.807, 2.05) is 0 Å². The van der Waals surface area contributed by atoms with Crippen molar-refractivity contribution >= 4 is 11.6 Å². The number of carbonyl (C=O) groups is 1. The molecule has 0 aliphatic carbocycles. The Balaban J connectivity index is 1.78. The van der Waals surface area contributed by atoms with Crippen LogP contribution in [0.15, 0.2) is 48.8 Å². The zero-order valence-electron chi connectivity index (χ0n) is 11.2. The van der Waals surface area contributed by atoms with Gasteiger partial charge in [0.1, 0.15) is 18.0 Å². The van der Waals surface area contributed by atoms with Gasteiger partial charge in [0, 0.05) is 11.3 Å². The van der Waals surface area contributed by atoms with E-state index < -0.39 is 17.5 Å². The van der Waals surface area contributed by atoms with Crippen LogP contribution in [0.1, 0.15) is 10.4 Å². The summed E-state index contributed by atoms with van der Waals surface area (Å²) in [6.45, 7) is 0. The molecule has 3 rings (SSSR count). The largest absolute Gasteiger partial charge is 0.322 e. The number of aromatic nitrogens is 3. The van der Waals surface area contributed by atoms with Crippen LogP contribution < -0.4 is 5.32 Å². The van der Waals surface area contributed by atoms with Crippen LogP contribution in [0.3, 0.4) is 0 Å². The topological polar surface area (TPSA) is 70.7 Å². The molecule has 0 saturated heterocycles. The summed E-state index contributed by atoms with van der Waals surface area (Å²) >= 11 is 0. The predicted octanol–water partition coefficient (Wildman–Crippen LogP) is 3.00. The molecule has 2 aromatic carbocycles. The Kier molecular flexibility index (Phi) is 3.61. The fraction of sp³-hybridized carbons (Fsp3) is 0. The molecule has 0 spiro atoms. The maximum Gasteiger partial charge on any atom is 0.258 e. The van der Waals surface area contributed by atoms with E-state index >= 15 is 0 Å². The van der Waals surface area contributed by atoms with Gasteiger partial charge in [0.2, 0.25) is 0 Å². The number of nitrogens with one attached hydrogen (secondary N) is 2. The van der Waals surface area contributed by atoms with Gasteiger partial charge in [-0.25, -0.2) is 13.8 Å². The van der Waals surface area contributed by atoms with Crippen molar-refractivity contribution in [2.45, 2.75) is 0 Å². The Morgan fingerprint density at radius 3 is 2.55 bits per heavy atom. The van der Waals surface area contributed by atoms with Crippen molar-refractivity contribution in [3.8, 4) is 11.4 Å². The molecule has 22 heavy (non-hydrogen) atoms. The van der Waals surface area contributed by atoms with Gasteiger partial charge in [-0.15, -0.1) is 0 Å². The second-order valence-corrected chi connectivity index (χ2v) is 4.49. The average molecular weight is 300 g/mol. The zero-order chi connectivity index (χ0) is 15.5. The van der Waals surface area contributed by atoms with Gasteiger partial charge < -0.3 is 5.32 Å². The quantitative estimate of drug-likeness (QED) is 0.781. The van der Waals surface area contributed by atoms with Crippen LogP contribution in [0.2, 0.25) is 0 Å². The highest BCUT2D eigenvalue weighted by atomic mass is 19.1. The van der Waals surface area contributed by atoms with Crippen LogP contribution in [-0.4, -0.2) is 21.1 Å². The summed E-state index contributed by atoms with van der Waals surface area (Å²) in [7, 11) is 0. The number of hydrogen-bond donors (Lipinski definition) is 2. The molecule has 3 aromatic rings. The van der Waals surface area contributed by atoms with Crippen LogP contribution in [-0.2, 0) is 0 Å². The minimum absolute atomic E-state index is 0.348. The lowest BCUT2D eigenvalue weighted by Crippen LogP contribution is -2.14. The highest BCUT2D eigenvalue weighted by Crippen LogP contribution is 2.18. The van der Waals surface area contributed by atoms with Crippen molar-refractivity contribution < 1.29 is 13.6 Å². The minimum Gasteiger partial charge on any atom is -0.322 e. The standard InChI is InChI=1S/C15H10F2N4O/c16-10-3-6-13(17)12(7-10)15(22)20-11-4-1-9(2-5-11)14-18-8-19-21-14/h1-8H,(H,20,22)(H,18,19,21). The maximum atomic E-state index is 13.5. The van der Waals surface area contributed by atoms with E-state index in [9.17, 15) is 13.6 Å². The zero-order valence-corrected chi connectivity index (χ0v) is 11.2. The third kappa shape index (κ3) is 2.83. The molecular formula is C15H10F2N4O. The molecule has 110 valence electrons. The number of halogens is 2. The molecule has 0 aliphatic heterocycles. The second-order valence-electron chi connectivity index (χ2n) is 4.49. The van der Waals surface area contributed by atoms with Crippen LogP contribution in [0.4, 0.5) is 14.5 Å². The van der Waals surface area contributed by atoms with Gasteiger partial charge in [0.25, 0.3) is 5.91 Å². The van der Waals surface area contributed by atoms with Gasteiger partial charge in [-0.2, -0.15) is 5.10 Å². The van der Waals surface area contributed by atoms with Crippen LogP contribution in [0, 0.1) is 11.6 Å². The van der Waals surface area contributed by atoms with Crippen molar-refractivity contribution in [1.82, 2.24) is 15.2 Å². The van der Waals surface area contributed by atoms with Crippen LogP contribution in [0.25, 0.3) is 11.4 Å². The molecule has 0 bridgehead atoms. The first-order valence-corrected chi connectivity index (χ1v) is 6.36. The Hall–Kier alpha value is -3.09. The number of carbonyl (C=O) groups excluding carboxylic acids is 1. The number of aromatic amines is 1. The third-order valence-corrected chi connectivity index (χ3v) is 3.00. The monoisotopic (exact) mass is 300 g/mol. The Morgan fingerprint density at radius 1 is 1.09 bits per heavy atom. The van der Waals surface area contributed by atoms with Gasteiger partial charge >= 0.3 is 0 Å². The molecule has 1 amide bonds. The van der Waals surface area contributed by atoms with Gasteiger partial charge in [-0.1, -0.05) is 0 Å².